The minimum Gasteiger partial charge on any atom is -0.125 e. The van der Waals surface area contributed by atoms with Gasteiger partial charge in [0.05, 0.1) is 10.4 Å². The average Bonchev–Trinajstić information content (AvgIpc) is 3.81. The molecule has 0 unspecified atom stereocenters. The Kier molecular flexibility index (Phi) is 9.32. The molecule has 0 atom stereocenters. The lowest BCUT2D eigenvalue weighted by atomic mass is 9.97. The molecule has 16 bridgehead atoms. The Morgan fingerprint density at radius 1 is 0.350 bits per heavy atom. The standard InChI is InChI=1S/C52H38Br2N6/c53-51-43-7-5-9-45(51)41-27-19-37(20-28-41)33-59-49-13-3-4-14-50(49)60(56-59)34-38-21-29-42(30-22-38)46-10-6-8-44(52(46)54)40-25-17-36(18-26-40)32-58-48-12-2-1-11-47(48)57(55-58)31-35-15-23-39(43)24-16-35/h1-30H,31-34H2/q+2. The molecule has 0 N–H and O–H groups in total. The van der Waals surface area contributed by atoms with Gasteiger partial charge in [-0.05, 0) is 123 Å². The maximum Gasteiger partial charge on any atom is 0.198 e. The van der Waals surface area contributed by atoms with Crippen molar-refractivity contribution in [2.75, 3.05) is 0 Å². The maximum absolute atomic E-state index is 5.12. The molecule has 6 nitrogen and oxygen atoms in total. The Bertz CT molecular complexity index is 2780. The number of hydrogen-bond acceptors (Lipinski definition) is 2. The van der Waals surface area contributed by atoms with Crippen LogP contribution in [0.3, 0.4) is 0 Å². The summed E-state index contributed by atoms with van der Waals surface area (Å²) in [6, 6.07) is 65.5. The highest BCUT2D eigenvalue weighted by Crippen LogP contribution is 2.38. The second-order valence-electron chi connectivity index (χ2n) is 15.5. The first-order valence-electron chi connectivity index (χ1n) is 20.2. The molecule has 2 aromatic heterocycles. The highest BCUT2D eigenvalue weighted by atomic mass is 79.9. The zero-order chi connectivity index (χ0) is 40.2. The molecule has 8 heteroatoms. The summed E-state index contributed by atoms with van der Waals surface area (Å²) in [5.41, 5.74) is 18.5. The molecule has 9 heterocycles. The first kappa shape index (κ1) is 36.6. The van der Waals surface area contributed by atoms with E-state index >= 15 is 0 Å². The first-order valence-corrected chi connectivity index (χ1v) is 21.8. The molecular formula is C52H38Br2N6+2. The quantitative estimate of drug-likeness (QED) is 0.142. The summed E-state index contributed by atoms with van der Waals surface area (Å²) in [5.74, 6) is 0. The summed E-state index contributed by atoms with van der Waals surface area (Å²) < 4.78 is 10.6. The largest absolute Gasteiger partial charge is 0.198 e. The average molecular weight is 907 g/mol. The van der Waals surface area contributed by atoms with Crippen LogP contribution in [-0.4, -0.2) is 19.8 Å². The van der Waals surface area contributed by atoms with Crippen LogP contribution in [0.1, 0.15) is 22.3 Å². The van der Waals surface area contributed by atoms with E-state index in [0.717, 1.165) is 75.5 Å². The number of hydrogen-bond donors (Lipinski definition) is 0. The first-order chi connectivity index (χ1) is 29.5. The molecule has 0 spiro atoms. The summed E-state index contributed by atoms with van der Waals surface area (Å²) in [6.45, 7) is 2.67. The molecule has 10 aromatic rings. The van der Waals surface area contributed by atoms with Gasteiger partial charge in [0.15, 0.2) is 22.1 Å². The van der Waals surface area contributed by atoms with Crippen molar-refractivity contribution in [3.63, 3.8) is 0 Å². The number of fused-ring (bicyclic) bond motifs is 2. The highest BCUT2D eigenvalue weighted by molar-refractivity contribution is 9.11. The lowest BCUT2D eigenvalue weighted by molar-refractivity contribution is -0.724. The lowest BCUT2D eigenvalue weighted by Crippen LogP contribution is -2.37. The summed E-state index contributed by atoms with van der Waals surface area (Å²) in [7, 11) is 0. The van der Waals surface area contributed by atoms with Crippen LogP contribution in [0.15, 0.2) is 191 Å². The van der Waals surface area contributed by atoms with Gasteiger partial charge < -0.3 is 0 Å². The molecule has 7 aliphatic rings. The van der Waals surface area contributed by atoms with E-state index in [9.17, 15) is 0 Å². The van der Waals surface area contributed by atoms with Gasteiger partial charge in [-0.15, -0.1) is 18.7 Å². The smallest absolute Gasteiger partial charge is 0.125 e. The molecule has 17 rings (SSSR count). The Hall–Kier alpha value is -6.48. The molecule has 288 valence electrons. The van der Waals surface area contributed by atoms with Crippen LogP contribution >= 0.6 is 31.9 Å². The van der Waals surface area contributed by atoms with Gasteiger partial charge >= 0.3 is 0 Å². The zero-order valence-electron chi connectivity index (χ0n) is 32.6. The molecule has 0 saturated heterocycles. The van der Waals surface area contributed by atoms with Gasteiger partial charge in [-0.3, -0.25) is 0 Å². The number of rotatable bonds is 0. The molecule has 0 amide bonds. The summed E-state index contributed by atoms with van der Waals surface area (Å²) >= 11 is 8.00. The summed E-state index contributed by atoms with van der Waals surface area (Å²) in [6.07, 6.45) is 0. The molecule has 0 radical (unpaired) electrons. The van der Waals surface area contributed by atoms with E-state index in [0.29, 0.717) is 26.2 Å². The van der Waals surface area contributed by atoms with Crippen LogP contribution < -0.4 is 9.36 Å². The fraction of sp³-hybridized carbons (Fsp3) is 0.0769. The van der Waals surface area contributed by atoms with E-state index < -0.39 is 0 Å². The maximum atomic E-state index is 5.12. The molecule has 0 fully saturated rings. The van der Waals surface area contributed by atoms with Crippen molar-refractivity contribution in [3.8, 4) is 44.5 Å². The number of benzene rings is 8. The second-order valence-corrected chi connectivity index (χ2v) is 17.1. The van der Waals surface area contributed by atoms with Crippen molar-refractivity contribution >= 4 is 53.9 Å². The van der Waals surface area contributed by atoms with Crippen LogP contribution in [-0.2, 0) is 26.2 Å². The van der Waals surface area contributed by atoms with E-state index in [-0.39, 0.29) is 0 Å². The Balaban J connectivity index is 0.993. The van der Waals surface area contributed by atoms with E-state index in [4.69, 9.17) is 10.4 Å². The van der Waals surface area contributed by atoms with Gasteiger partial charge in [0, 0.05) is 8.95 Å². The van der Waals surface area contributed by atoms with Crippen molar-refractivity contribution in [1.82, 2.24) is 19.8 Å². The Morgan fingerprint density at radius 3 is 1.02 bits per heavy atom. The van der Waals surface area contributed by atoms with Crippen LogP contribution in [0.2, 0.25) is 0 Å². The van der Waals surface area contributed by atoms with Gasteiger partial charge in [0.25, 0.3) is 0 Å². The van der Waals surface area contributed by atoms with Crippen LogP contribution in [0.25, 0.3) is 66.6 Å². The van der Waals surface area contributed by atoms with Crippen LogP contribution in [0, 0.1) is 0 Å². The van der Waals surface area contributed by atoms with E-state index in [1.165, 1.54) is 22.3 Å². The van der Waals surface area contributed by atoms with Crippen molar-refractivity contribution in [2.24, 2.45) is 0 Å². The predicted molar refractivity (Wildman–Crippen MR) is 246 cm³/mol. The lowest BCUT2D eigenvalue weighted by Gasteiger charge is -2.12. The van der Waals surface area contributed by atoms with Crippen molar-refractivity contribution in [3.05, 3.63) is 213 Å². The van der Waals surface area contributed by atoms with Gasteiger partial charge in [0.1, 0.15) is 26.2 Å². The number of aromatic nitrogens is 6. The third kappa shape index (κ3) is 6.76. The minimum atomic E-state index is 0.668. The predicted octanol–water partition coefficient (Wildman–Crippen LogP) is 11.7. The summed E-state index contributed by atoms with van der Waals surface area (Å²) in [4.78, 5) is 0. The second kappa shape index (κ2) is 15.3. The fourth-order valence-corrected chi connectivity index (χ4v) is 9.97. The highest BCUT2D eigenvalue weighted by Gasteiger charge is 2.21. The van der Waals surface area contributed by atoms with Gasteiger partial charge in [0.2, 0.25) is 0 Å². The van der Waals surface area contributed by atoms with E-state index in [1.807, 2.05) is 0 Å². The minimum absolute atomic E-state index is 0.668. The van der Waals surface area contributed by atoms with Gasteiger partial charge in [-0.25, -0.2) is 0 Å². The molecule has 0 aliphatic carbocycles. The van der Waals surface area contributed by atoms with Crippen molar-refractivity contribution < 1.29 is 9.36 Å². The van der Waals surface area contributed by atoms with E-state index in [1.54, 1.807) is 0 Å². The van der Waals surface area contributed by atoms with Gasteiger partial charge in [-0.2, -0.15) is 0 Å². The third-order valence-corrected chi connectivity index (χ3v) is 13.4. The molecular weight excluding hydrogens is 868 g/mol. The molecule has 7 aliphatic heterocycles. The number of halogens is 2. The topological polar surface area (TPSA) is 43.4 Å². The summed E-state index contributed by atoms with van der Waals surface area (Å²) in [5, 5.41) is 10.2. The Morgan fingerprint density at radius 2 is 0.667 bits per heavy atom. The monoisotopic (exact) mass is 904 g/mol. The fourth-order valence-electron chi connectivity index (χ4n) is 8.53. The van der Waals surface area contributed by atoms with Crippen LogP contribution in [0.4, 0.5) is 0 Å². The van der Waals surface area contributed by atoms with Gasteiger partial charge in [-0.1, -0.05) is 158 Å². The van der Waals surface area contributed by atoms with Crippen molar-refractivity contribution in [2.45, 2.75) is 26.2 Å². The van der Waals surface area contributed by atoms with Crippen molar-refractivity contribution in [1.29, 1.82) is 0 Å². The molecule has 0 saturated carbocycles. The normalized spacial score (nSPS) is 12.6. The van der Waals surface area contributed by atoms with E-state index in [2.05, 4.69) is 233 Å². The SMILES string of the molecule is Brc1c2cccc1-c1ccc(cc1)Cn1n[n+](c3ccccc31)Cc1ccc(cc1)-c1cccc(c1Br)-c1ccc(cc1)C[n+]1nn(c3ccccc31)Cc1ccc-2cc1. The Labute approximate surface area is 364 Å². The molecule has 60 heavy (non-hydrogen) atoms. The number of para-hydroxylation sites is 4. The van der Waals surface area contributed by atoms with Crippen LogP contribution in [0.5, 0.6) is 0 Å². The zero-order valence-corrected chi connectivity index (χ0v) is 35.8. The number of nitrogens with zero attached hydrogens (tertiary/aromatic N) is 6. The molecule has 8 aromatic carbocycles. The third-order valence-electron chi connectivity index (χ3n) is 11.7.